The van der Waals surface area contributed by atoms with Gasteiger partial charge in [0, 0.05) is 36.1 Å². The summed E-state index contributed by atoms with van der Waals surface area (Å²) in [5, 5.41) is 10.6. The molecule has 1 N–H and O–H groups in total. The van der Waals surface area contributed by atoms with Gasteiger partial charge >= 0.3 is 5.63 Å². The first-order valence-electron chi connectivity index (χ1n) is 6.57. The maximum atomic E-state index is 11.7. The Morgan fingerprint density at radius 2 is 2.19 bits per heavy atom. The number of methoxy groups -OCH3 is 1. The highest BCUT2D eigenvalue weighted by molar-refractivity contribution is 9.10. The Labute approximate surface area is 131 Å². The van der Waals surface area contributed by atoms with E-state index in [9.17, 15) is 9.90 Å². The summed E-state index contributed by atoms with van der Waals surface area (Å²) < 4.78 is 11.0. The number of aliphatic hydroxyl groups is 1. The van der Waals surface area contributed by atoms with Gasteiger partial charge in [-0.25, -0.2) is 4.79 Å². The molecule has 1 heterocycles. The van der Waals surface area contributed by atoms with Crippen LogP contribution in [-0.2, 0) is 11.3 Å². The van der Waals surface area contributed by atoms with Crippen molar-refractivity contribution >= 4 is 26.9 Å². The molecule has 1 unspecified atom stereocenters. The van der Waals surface area contributed by atoms with E-state index in [0.717, 1.165) is 15.4 Å². The van der Waals surface area contributed by atoms with Gasteiger partial charge in [-0.15, -0.1) is 0 Å². The molecule has 0 aliphatic heterocycles. The summed E-state index contributed by atoms with van der Waals surface area (Å²) in [5.74, 6) is 0. The molecule has 0 bridgehead atoms. The van der Waals surface area contributed by atoms with Crippen LogP contribution >= 0.6 is 15.9 Å². The molecule has 0 fully saturated rings. The molecule has 0 aliphatic rings. The van der Waals surface area contributed by atoms with E-state index in [0.29, 0.717) is 18.7 Å². The van der Waals surface area contributed by atoms with Crippen LogP contribution in [0.5, 0.6) is 0 Å². The van der Waals surface area contributed by atoms with Gasteiger partial charge in [-0.3, -0.25) is 4.90 Å². The van der Waals surface area contributed by atoms with Crippen LogP contribution in [0, 0.1) is 0 Å². The molecule has 0 spiro atoms. The minimum Gasteiger partial charge on any atom is -0.423 e. The molecule has 0 saturated heterocycles. The molecule has 0 amide bonds. The third kappa shape index (κ3) is 4.38. The Bertz CT molecular complexity index is 670. The van der Waals surface area contributed by atoms with Crippen LogP contribution in [0.3, 0.4) is 0 Å². The summed E-state index contributed by atoms with van der Waals surface area (Å²) >= 11 is 3.36. The first-order chi connectivity index (χ1) is 9.99. The molecule has 0 radical (unpaired) electrons. The second-order valence-corrected chi connectivity index (χ2v) is 5.95. The third-order valence-corrected chi connectivity index (χ3v) is 3.61. The first-order valence-corrected chi connectivity index (χ1v) is 7.36. The average molecular weight is 356 g/mol. The predicted molar refractivity (Wildman–Crippen MR) is 84.4 cm³/mol. The van der Waals surface area contributed by atoms with Crippen LogP contribution in [0.4, 0.5) is 0 Å². The highest BCUT2D eigenvalue weighted by Crippen LogP contribution is 2.22. The van der Waals surface area contributed by atoms with Crippen LogP contribution in [0.25, 0.3) is 11.0 Å². The molecule has 114 valence electrons. The second-order valence-electron chi connectivity index (χ2n) is 5.04. The fourth-order valence-corrected chi connectivity index (χ4v) is 2.63. The van der Waals surface area contributed by atoms with Gasteiger partial charge < -0.3 is 14.3 Å². The van der Waals surface area contributed by atoms with Crippen LogP contribution < -0.4 is 5.63 Å². The zero-order valence-corrected chi connectivity index (χ0v) is 13.6. The molecule has 6 heteroatoms. The standard InChI is InChI=1S/C15H18BrNO4/c1-17(8-12(18)9-20-2)7-10-5-15(19)21-14-6-11(16)3-4-13(10)14/h3-6,12,18H,7-9H2,1-2H3. The van der Waals surface area contributed by atoms with Crippen molar-refractivity contribution in [3.05, 3.63) is 44.7 Å². The lowest BCUT2D eigenvalue weighted by atomic mass is 10.1. The van der Waals surface area contributed by atoms with E-state index in [4.69, 9.17) is 9.15 Å². The number of fused-ring (bicyclic) bond motifs is 1. The van der Waals surface area contributed by atoms with Crippen molar-refractivity contribution in [2.75, 3.05) is 27.3 Å². The first kappa shape index (κ1) is 16.2. The number of ether oxygens (including phenoxy) is 1. The van der Waals surface area contributed by atoms with Gasteiger partial charge in [0.2, 0.25) is 0 Å². The van der Waals surface area contributed by atoms with Crippen LogP contribution in [0.2, 0.25) is 0 Å². The molecule has 2 rings (SSSR count). The van der Waals surface area contributed by atoms with Crippen molar-refractivity contribution in [3.8, 4) is 0 Å². The van der Waals surface area contributed by atoms with E-state index in [2.05, 4.69) is 15.9 Å². The number of halogens is 1. The van der Waals surface area contributed by atoms with E-state index >= 15 is 0 Å². The van der Waals surface area contributed by atoms with Crippen molar-refractivity contribution < 1.29 is 14.3 Å². The van der Waals surface area contributed by atoms with E-state index in [1.54, 1.807) is 13.2 Å². The SMILES string of the molecule is COCC(O)CN(C)Cc1cc(=O)oc2cc(Br)ccc12. The van der Waals surface area contributed by atoms with Crippen molar-refractivity contribution in [1.29, 1.82) is 0 Å². The molecule has 1 aromatic heterocycles. The fraction of sp³-hybridized carbons (Fsp3) is 0.400. The fourth-order valence-electron chi connectivity index (χ4n) is 2.29. The zero-order valence-electron chi connectivity index (χ0n) is 12.0. The number of benzene rings is 1. The zero-order chi connectivity index (χ0) is 15.4. The Morgan fingerprint density at radius 3 is 2.90 bits per heavy atom. The number of likely N-dealkylation sites (N-methyl/N-ethyl adjacent to an activating group) is 1. The lowest BCUT2D eigenvalue weighted by Crippen LogP contribution is -2.31. The average Bonchev–Trinajstić information content (AvgIpc) is 2.37. The highest BCUT2D eigenvalue weighted by atomic mass is 79.9. The third-order valence-electron chi connectivity index (χ3n) is 3.11. The van der Waals surface area contributed by atoms with Gasteiger partial charge in [0.05, 0.1) is 12.7 Å². The number of nitrogens with zero attached hydrogens (tertiary/aromatic N) is 1. The molecule has 1 atom stereocenters. The Hall–Kier alpha value is -1.21. The summed E-state index contributed by atoms with van der Waals surface area (Å²) in [6.45, 7) is 1.30. The molecule has 5 nitrogen and oxygen atoms in total. The summed E-state index contributed by atoms with van der Waals surface area (Å²) in [7, 11) is 3.44. The van der Waals surface area contributed by atoms with Gasteiger partial charge in [-0.2, -0.15) is 0 Å². The summed E-state index contributed by atoms with van der Waals surface area (Å²) in [6.07, 6.45) is -0.555. The number of hydrogen-bond acceptors (Lipinski definition) is 5. The van der Waals surface area contributed by atoms with Gasteiger partial charge in [-0.05, 0) is 30.8 Å². The molecule has 1 aromatic carbocycles. The summed E-state index contributed by atoms with van der Waals surface area (Å²) in [5.41, 5.74) is 1.06. The monoisotopic (exact) mass is 355 g/mol. The second kappa shape index (κ2) is 7.17. The van der Waals surface area contributed by atoms with Gasteiger partial charge in [-0.1, -0.05) is 15.9 Å². The molecule has 2 aromatic rings. The van der Waals surface area contributed by atoms with Crippen LogP contribution in [0.1, 0.15) is 5.56 Å². The van der Waals surface area contributed by atoms with Gasteiger partial charge in [0.15, 0.2) is 0 Å². The Balaban J connectivity index is 2.23. The maximum Gasteiger partial charge on any atom is 0.336 e. The lowest BCUT2D eigenvalue weighted by molar-refractivity contribution is 0.0419. The normalized spacial score (nSPS) is 13.0. The Kier molecular flexibility index (Phi) is 5.52. The van der Waals surface area contributed by atoms with E-state index in [-0.39, 0.29) is 12.2 Å². The van der Waals surface area contributed by atoms with E-state index < -0.39 is 6.10 Å². The Morgan fingerprint density at radius 1 is 1.43 bits per heavy atom. The number of rotatable bonds is 6. The molecule has 0 aliphatic carbocycles. The van der Waals surface area contributed by atoms with Gasteiger partial charge in [0.1, 0.15) is 5.58 Å². The molecule has 21 heavy (non-hydrogen) atoms. The largest absolute Gasteiger partial charge is 0.423 e. The quantitative estimate of drug-likeness (QED) is 0.803. The minimum atomic E-state index is -0.555. The molecular formula is C15H18BrNO4. The van der Waals surface area contributed by atoms with Crippen molar-refractivity contribution in [2.24, 2.45) is 0 Å². The smallest absolute Gasteiger partial charge is 0.336 e. The van der Waals surface area contributed by atoms with Crippen molar-refractivity contribution in [1.82, 2.24) is 4.90 Å². The number of aliphatic hydroxyl groups excluding tert-OH is 1. The predicted octanol–water partition coefficient (Wildman–Crippen LogP) is 1.99. The summed E-state index contributed by atoms with van der Waals surface area (Å²) in [4.78, 5) is 13.6. The molecule has 0 saturated carbocycles. The van der Waals surface area contributed by atoms with Crippen molar-refractivity contribution in [2.45, 2.75) is 12.6 Å². The van der Waals surface area contributed by atoms with Crippen LogP contribution in [-0.4, -0.2) is 43.4 Å². The minimum absolute atomic E-state index is 0.287. The maximum absolute atomic E-state index is 11.7. The van der Waals surface area contributed by atoms with Gasteiger partial charge in [0.25, 0.3) is 0 Å². The van der Waals surface area contributed by atoms with E-state index in [1.165, 1.54) is 6.07 Å². The summed E-state index contributed by atoms with van der Waals surface area (Å²) in [6, 6.07) is 7.10. The molecular weight excluding hydrogens is 338 g/mol. The highest BCUT2D eigenvalue weighted by Gasteiger charge is 2.12. The van der Waals surface area contributed by atoms with Crippen LogP contribution in [0.15, 0.2) is 37.9 Å². The lowest BCUT2D eigenvalue weighted by Gasteiger charge is -2.20. The van der Waals surface area contributed by atoms with E-state index in [1.807, 2.05) is 24.1 Å². The number of hydrogen-bond donors (Lipinski definition) is 1. The topological polar surface area (TPSA) is 62.9 Å². The van der Waals surface area contributed by atoms with Crippen molar-refractivity contribution in [3.63, 3.8) is 0 Å².